The van der Waals surface area contributed by atoms with Crippen LogP contribution in [0.15, 0.2) is 47.4 Å². The minimum Gasteiger partial charge on any atom is -0.497 e. The standard InChI is InChI=1S/C22H23NO4S2/c1-4-5-12-27-18-9-7-6-8-15(18)13-20-21(24)23(22(28)29-20)17-14-16(25-2)10-11-19(17)26-3/h6-11,13-14H,4-5,12H2,1-3H3. The van der Waals surface area contributed by atoms with E-state index >= 15 is 0 Å². The molecule has 1 heterocycles. The minimum atomic E-state index is -0.199. The van der Waals surface area contributed by atoms with Gasteiger partial charge in [-0.25, -0.2) is 0 Å². The average molecular weight is 430 g/mol. The lowest BCUT2D eigenvalue weighted by Crippen LogP contribution is -2.28. The Morgan fingerprint density at radius 2 is 1.90 bits per heavy atom. The molecule has 1 fully saturated rings. The highest BCUT2D eigenvalue weighted by molar-refractivity contribution is 8.27. The van der Waals surface area contributed by atoms with E-state index in [1.165, 1.54) is 16.7 Å². The first-order valence-electron chi connectivity index (χ1n) is 9.30. The summed E-state index contributed by atoms with van der Waals surface area (Å²) in [7, 11) is 3.13. The molecule has 0 bridgehead atoms. The maximum Gasteiger partial charge on any atom is 0.270 e. The van der Waals surface area contributed by atoms with Crippen LogP contribution >= 0.6 is 24.0 Å². The summed E-state index contributed by atoms with van der Waals surface area (Å²) in [5.74, 6) is 1.72. The smallest absolute Gasteiger partial charge is 0.270 e. The topological polar surface area (TPSA) is 48.0 Å². The summed E-state index contributed by atoms with van der Waals surface area (Å²) in [4.78, 5) is 15.2. The third-order valence-electron chi connectivity index (χ3n) is 4.38. The second-order valence-corrected chi connectivity index (χ2v) is 7.97. The van der Waals surface area contributed by atoms with E-state index in [1.807, 2.05) is 30.3 Å². The molecule has 2 aromatic rings. The second-order valence-electron chi connectivity index (χ2n) is 6.29. The highest BCUT2D eigenvalue weighted by Crippen LogP contribution is 2.41. The molecule has 0 spiro atoms. The molecular formula is C22H23NO4S2. The molecule has 0 radical (unpaired) electrons. The Morgan fingerprint density at radius 3 is 2.62 bits per heavy atom. The van der Waals surface area contributed by atoms with E-state index in [4.69, 9.17) is 26.4 Å². The van der Waals surface area contributed by atoms with E-state index in [9.17, 15) is 4.79 Å². The van der Waals surface area contributed by atoms with Crippen molar-refractivity contribution in [3.63, 3.8) is 0 Å². The average Bonchev–Trinajstić information content (AvgIpc) is 3.01. The van der Waals surface area contributed by atoms with Gasteiger partial charge in [-0.3, -0.25) is 9.69 Å². The van der Waals surface area contributed by atoms with Crippen molar-refractivity contribution in [2.24, 2.45) is 0 Å². The van der Waals surface area contributed by atoms with Gasteiger partial charge in [-0.15, -0.1) is 0 Å². The summed E-state index contributed by atoms with van der Waals surface area (Å²) in [6.45, 7) is 2.76. The van der Waals surface area contributed by atoms with E-state index in [-0.39, 0.29) is 5.91 Å². The third-order valence-corrected chi connectivity index (χ3v) is 5.68. The fraction of sp³-hybridized carbons (Fsp3) is 0.273. The van der Waals surface area contributed by atoms with Crippen LogP contribution < -0.4 is 19.1 Å². The Kier molecular flexibility index (Phi) is 7.17. The monoisotopic (exact) mass is 429 g/mol. The first-order valence-corrected chi connectivity index (χ1v) is 10.5. The Bertz CT molecular complexity index is 942. The lowest BCUT2D eigenvalue weighted by molar-refractivity contribution is -0.113. The number of nitrogens with zero attached hydrogens (tertiary/aromatic N) is 1. The Labute approximate surface area is 180 Å². The summed E-state index contributed by atoms with van der Waals surface area (Å²) in [6, 6.07) is 13.0. The molecule has 29 heavy (non-hydrogen) atoms. The molecule has 7 heteroatoms. The third kappa shape index (κ3) is 4.74. The molecule has 1 aliphatic heterocycles. The van der Waals surface area contributed by atoms with Crippen molar-refractivity contribution in [1.82, 2.24) is 0 Å². The maximum absolute atomic E-state index is 13.2. The summed E-state index contributed by atoms with van der Waals surface area (Å²) in [6.07, 6.45) is 3.86. The molecule has 1 saturated heterocycles. The molecule has 5 nitrogen and oxygen atoms in total. The fourth-order valence-electron chi connectivity index (χ4n) is 2.85. The van der Waals surface area contributed by atoms with Crippen LogP contribution in [0.2, 0.25) is 0 Å². The van der Waals surface area contributed by atoms with Gasteiger partial charge in [0.2, 0.25) is 0 Å². The van der Waals surface area contributed by atoms with E-state index in [2.05, 4.69) is 6.92 Å². The molecule has 0 aromatic heterocycles. The Hall–Kier alpha value is -2.51. The van der Waals surface area contributed by atoms with Gasteiger partial charge in [0, 0.05) is 11.6 Å². The number of carbonyl (C=O) groups excluding carboxylic acids is 1. The van der Waals surface area contributed by atoms with Crippen LogP contribution in [-0.2, 0) is 4.79 Å². The molecule has 1 amide bonds. The van der Waals surface area contributed by atoms with Crippen molar-refractivity contribution < 1.29 is 19.0 Å². The normalized spacial score (nSPS) is 15.1. The molecule has 152 valence electrons. The predicted octanol–water partition coefficient (Wildman–Crippen LogP) is 5.29. The van der Waals surface area contributed by atoms with Gasteiger partial charge in [-0.2, -0.15) is 0 Å². The number of hydrogen-bond acceptors (Lipinski definition) is 6. The zero-order chi connectivity index (χ0) is 20.8. The summed E-state index contributed by atoms with van der Waals surface area (Å²) < 4.78 is 17.0. The lowest BCUT2D eigenvalue weighted by atomic mass is 10.1. The number of thioether (sulfide) groups is 1. The molecule has 1 aliphatic rings. The molecule has 0 unspecified atom stereocenters. The van der Waals surface area contributed by atoms with Crippen molar-refractivity contribution in [2.75, 3.05) is 25.7 Å². The molecule has 0 saturated carbocycles. The van der Waals surface area contributed by atoms with Crippen LogP contribution in [0.25, 0.3) is 6.08 Å². The number of unbranched alkanes of at least 4 members (excludes halogenated alkanes) is 1. The SMILES string of the molecule is CCCCOc1ccccc1C=C1SC(=S)N(c2cc(OC)ccc2OC)C1=O. The number of hydrogen-bond donors (Lipinski definition) is 0. The van der Waals surface area contributed by atoms with Crippen LogP contribution in [0.3, 0.4) is 0 Å². The second kappa shape index (κ2) is 9.80. The summed E-state index contributed by atoms with van der Waals surface area (Å²) in [5, 5.41) is 0. The van der Waals surface area contributed by atoms with Gasteiger partial charge in [0.1, 0.15) is 17.2 Å². The lowest BCUT2D eigenvalue weighted by Gasteiger charge is -2.18. The van der Waals surface area contributed by atoms with E-state index in [1.54, 1.807) is 32.4 Å². The quantitative estimate of drug-likeness (QED) is 0.323. The highest BCUT2D eigenvalue weighted by atomic mass is 32.2. The zero-order valence-corrected chi connectivity index (χ0v) is 18.3. The highest BCUT2D eigenvalue weighted by Gasteiger charge is 2.35. The molecular weight excluding hydrogens is 406 g/mol. The first-order chi connectivity index (χ1) is 14.1. The molecule has 3 rings (SSSR count). The zero-order valence-electron chi connectivity index (χ0n) is 16.6. The van der Waals surface area contributed by atoms with Crippen molar-refractivity contribution in [1.29, 1.82) is 0 Å². The Balaban J connectivity index is 1.92. The van der Waals surface area contributed by atoms with Crippen molar-refractivity contribution in [2.45, 2.75) is 19.8 Å². The van der Waals surface area contributed by atoms with E-state index in [0.29, 0.717) is 33.0 Å². The number of carbonyl (C=O) groups is 1. The van der Waals surface area contributed by atoms with E-state index in [0.717, 1.165) is 24.2 Å². The van der Waals surface area contributed by atoms with Gasteiger partial charge < -0.3 is 14.2 Å². The van der Waals surface area contributed by atoms with Gasteiger partial charge in [0.25, 0.3) is 5.91 Å². The number of methoxy groups -OCH3 is 2. The summed E-state index contributed by atoms with van der Waals surface area (Å²) >= 11 is 6.76. The Morgan fingerprint density at radius 1 is 1.10 bits per heavy atom. The number of rotatable bonds is 8. The van der Waals surface area contributed by atoms with Gasteiger partial charge in [-0.05, 0) is 30.7 Å². The van der Waals surface area contributed by atoms with Crippen LogP contribution in [-0.4, -0.2) is 31.1 Å². The van der Waals surface area contributed by atoms with Gasteiger partial charge >= 0.3 is 0 Å². The molecule has 0 aliphatic carbocycles. The number of thiocarbonyl (C=S) groups is 1. The molecule has 0 N–H and O–H groups in total. The largest absolute Gasteiger partial charge is 0.497 e. The summed E-state index contributed by atoms with van der Waals surface area (Å²) in [5.41, 5.74) is 1.41. The number of ether oxygens (including phenoxy) is 3. The number of anilines is 1. The van der Waals surface area contributed by atoms with Crippen LogP contribution in [0, 0.1) is 0 Å². The maximum atomic E-state index is 13.2. The van der Waals surface area contributed by atoms with Gasteiger partial charge in [0.15, 0.2) is 4.32 Å². The van der Waals surface area contributed by atoms with Crippen molar-refractivity contribution in [3.8, 4) is 17.2 Å². The van der Waals surface area contributed by atoms with Crippen LogP contribution in [0.5, 0.6) is 17.2 Å². The fourth-order valence-corrected chi connectivity index (χ4v) is 4.12. The van der Waals surface area contributed by atoms with Gasteiger partial charge in [0.05, 0.1) is 31.4 Å². The predicted molar refractivity (Wildman–Crippen MR) is 122 cm³/mol. The number of benzene rings is 2. The first kappa shape index (κ1) is 21.2. The van der Waals surface area contributed by atoms with Crippen molar-refractivity contribution in [3.05, 3.63) is 52.9 Å². The molecule has 0 atom stereocenters. The number of para-hydroxylation sites is 1. The van der Waals surface area contributed by atoms with Crippen molar-refractivity contribution >= 4 is 46.0 Å². The van der Waals surface area contributed by atoms with Gasteiger partial charge in [-0.1, -0.05) is 55.5 Å². The van der Waals surface area contributed by atoms with E-state index < -0.39 is 0 Å². The number of amides is 1. The molecule has 2 aromatic carbocycles. The van der Waals surface area contributed by atoms with Crippen LogP contribution in [0.4, 0.5) is 5.69 Å². The van der Waals surface area contributed by atoms with Crippen LogP contribution in [0.1, 0.15) is 25.3 Å². The minimum absolute atomic E-state index is 0.199.